The Morgan fingerprint density at radius 3 is 2.50 bits per heavy atom. The molecule has 5 nitrogen and oxygen atoms in total. The smallest absolute Gasteiger partial charge is 0.253 e. The Hall–Kier alpha value is -1.56. The first-order valence-corrected chi connectivity index (χ1v) is 7.82. The first kappa shape index (κ1) is 13.4. The van der Waals surface area contributed by atoms with Crippen LogP contribution in [0.1, 0.15) is 46.2 Å². The zero-order valence-corrected chi connectivity index (χ0v) is 12.3. The van der Waals surface area contributed by atoms with E-state index in [1.54, 1.807) is 0 Å². The van der Waals surface area contributed by atoms with Gasteiger partial charge in [0, 0.05) is 19.0 Å². The molecule has 6 heteroatoms. The van der Waals surface area contributed by atoms with Crippen LogP contribution in [0.5, 0.6) is 0 Å². The van der Waals surface area contributed by atoms with Gasteiger partial charge in [-0.2, -0.15) is 0 Å². The van der Waals surface area contributed by atoms with Gasteiger partial charge in [-0.05, 0) is 25.2 Å². The van der Waals surface area contributed by atoms with Crippen LogP contribution >= 0.6 is 11.3 Å². The number of nitrogens with two attached hydrogens (primary N) is 2. The minimum absolute atomic E-state index is 0.0773. The predicted molar refractivity (Wildman–Crippen MR) is 80.3 cm³/mol. The van der Waals surface area contributed by atoms with Crippen molar-refractivity contribution in [1.82, 2.24) is 0 Å². The highest BCUT2D eigenvalue weighted by Crippen LogP contribution is 2.44. The third kappa shape index (κ3) is 2.18. The summed E-state index contributed by atoms with van der Waals surface area (Å²) in [6.45, 7) is 3.95. The van der Waals surface area contributed by atoms with E-state index in [2.05, 4.69) is 11.8 Å². The summed E-state index contributed by atoms with van der Waals surface area (Å²) in [5, 5.41) is 0.781. The predicted octanol–water partition coefficient (Wildman–Crippen LogP) is 1.87. The molecule has 2 aliphatic rings. The van der Waals surface area contributed by atoms with Gasteiger partial charge in [-0.15, -0.1) is 11.3 Å². The summed E-state index contributed by atoms with van der Waals surface area (Å²) < 4.78 is 0. The molecule has 0 radical (unpaired) electrons. The molecule has 1 unspecified atom stereocenters. The second-order valence-electron chi connectivity index (χ2n) is 5.87. The van der Waals surface area contributed by atoms with Gasteiger partial charge in [0.2, 0.25) is 0 Å². The maximum atomic E-state index is 12.3. The van der Waals surface area contributed by atoms with Gasteiger partial charge in [0.25, 0.3) is 5.91 Å². The van der Waals surface area contributed by atoms with Crippen molar-refractivity contribution in [1.29, 1.82) is 0 Å². The monoisotopic (exact) mass is 293 g/mol. The fourth-order valence-corrected chi connectivity index (χ4v) is 4.01. The third-order valence-electron chi connectivity index (χ3n) is 4.06. The van der Waals surface area contributed by atoms with Gasteiger partial charge in [-0.25, -0.2) is 0 Å². The highest BCUT2D eigenvalue weighted by Gasteiger charge is 2.36. The highest BCUT2D eigenvalue weighted by atomic mass is 32.1. The lowest BCUT2D eigenvalue weighted by molar-refractivity contribution is 0.0972. The number of hydrogen-bond acceptors (Lipinski definition) is 5. The van der Waals surface area contributed by atoms with Crippen molar-refractivity contribution in [2.75, 3.05) is 23.7 Å². The van der Waals surface area contributed by atoms with Gasteiger partial charge >= 0.3 is 0 Å². The zero-order chi connectivity index (χ0) is 14.4. The molecule has 0 bridgehead atoms. The van der Waals surface area contributed by atoms with E-state index in [4.69, 9.17) is 11.5 Å². The maximum absolute atomic E-state index is 12.3. The van der Waals surface area contributed by atoms with Crippen molar-refractivity contribution in [3.63, 3.8) is 0 Å². The maximum Gasteiger partial charge on any atom is 0.253 e. The topological polar surface area (TPSA) is 89.4 Å². The fraction of sp³-hybridized carbons (Fsp3) is 0.571. The molecule has 108 valence electrons. The lowest BCUT2D eigenvalue weighted by Crippen LogP contribution is -2.22. The number of carbonyl (C=O) groups is 2. The van der Waals surface area contributed by atoms with E-state index in [9.17, 15) is 9.59 Å². The van der Waals surface area contributed by atoms with E-state index in [0.717, 1.165) is 37.4 Å². The average Bonchev–Trinajstić information content (AvgIpc) is 3.06. The number of amides is 1. The van der Waals surface area contributed by atoms with Crippen LogP contribution in [-0.2, 0) is 0 Å². The Morgan fingerprint density at radius 2 is 2.00 bits per heavy atom. The summed E-state index contributed by atoms with van der Waals surface area (Å²) >= 11 is 1.34. The number of Topliss-reactive ketones (excluding diaryl/α,β-unsaturated/α-hetero) is 1. The van der Waals surface area contributed by atoms with Crippen molar-refractivity contribution >= 4 is 33.7 Å². The first-order valence-electron chi connectivity index (χ1n) is 7.00. The molecule has 2 fully saturated rings. The molecule has 1 aromatic heterocycles. The van der Waals surface area contributed by atoms with Crippen molar-refractivity contribution in [2.45, 2.75) is 26.2 Å². The van der Waals surface area contributed by atoms with Crippen LogP contribution < -0.4 is 16.4 Å². The lowest BCUT2D eigenvalue weighted by Gasteiger charge is -2.17. The van der Waals surface area contributed by atoms with Crippen molar-refractivity contribution < 1.29 is 9.59 Å². The molecule has 1 amide bonds. The molecule has 1 aliphatic carbocycles. The average molecular weight is 293 g/mol. The van der Waals surface area contributed by atoms with Crippen LogP contribution in [-0.4, -0.2) is 24.8 Å². The second-order valence-corrected chi connectivity index (χ2v) is 6.87. The van der Waals surface area contributed by atoms with Crippen LogP contribution in [0.25, 0.3) is 0 Å². The molecule has 1 atom stereocenters. The molecule has 2 heterocycles. The van der Waals surface area contributed by atoms with Gasteiger partial charge < -0.3 is 16.4 Å². The van der Waals surface area contributed by atoms with Gasteiger partial charge in [0.1, 0.15) is 5.00 Å². The number of hydrogen-bond donors (Lipinski definition) is 2. The summed E-state index contributed by atoms with van der Waals surface area (Å²) in [6.07, 6.45) is 2.94. The Kier molecular flexibility index (Phi) is 3.20. The quantitative estimate of drug-likeness (QED) is 0.829. The minimum atomic E-state index is -0.539. The van der Waals surface area contributed by atoms with E-state index < -0.39 is 5.91 Å². The van der Waals surface area contributed by atoms with E-state index in [-0.39, 0.29) is 17.4 Å². The van der Waals surface area contributed by atoms with Crippen molar-refractivity contribution in [3.8, 4) is 0 Å². The fourth-order valence-electron chi connectivity index (χ4n) is 2.73. The summed E-state index contributed by atoms with van der Waals surface area (Å²) in [6, 6.07) is 0. The largest absolute Gasteiger partial charge is 0.397 e. The van der Waals surface area contributed by atoms with Gasteiger partial charge in [0.05, 0.1) is 16.1 Å². The molecule has 4 N–H and O–H groups in total. The minimum Gasteiger partial charge on any atom is -0.397 e. The van der Waals surface area contributed by atoms with E-state index in [1.807, 2.05) is 0 Å². The molecule has 0 aromatic carbocycles. The summed E-state index contributed by atoms with van der Waals surface area (Å²) in [7, 11) is 0. The molecule has 1 aromatic rings. The molecular formula is C14H19N3O2S. The highest BCUT2D eigenvalue weighted by molar-refractivity contribution is 7.19. The Morgan fingerprint density at radius 1 is 1.30 bits per heavy atom. The molecule has 1 saturated carbocycles. The number of rotatable bonds is 4. The van der Waals surface area contributed by atoms with Crippen LogP contribution in [0.4, 0.5) is 10.7 Å². The Bertz CT molecular complexity index is 577. The number of ketones is 1. The van der Waals surface area contributed by atoms with Crippen molar-refractivity contribution in [3.05, 3.63) is 10.4 Å². The zero-order valence-electron chi connectivity index (χ0n) is 11.5. The standard InChI is InChI=1S/C14H19N3O2S/c1-7-4-5-17(6-7)14-9(13(16)19)10(15)12(20-14)11(18)8-2-3-8/h7-8H,2-6,15H2,1H3,(H2,16,19). The Labute approximate surface area is 121 Å². The molecule has 1 aliphatic heterocycles. The third-order valence-corrected chi connectivity index (χ3v) is 5.34. The number of nitrogen functional groups attached to an aromatic ring is 1. The van der Waals surface area contributed by atoms with Crippen LogP contribution in [0.15, 0.2) is 0 Å². The number of anilines is 2. The SMILES string of the molecule is CC1CCN(c2sc(C(=O)C3CC3)c(N)c2C(N)=O)C1. The van der Waals surface area contributed by atoms with E-state index in [0.29, 0.717) is 16.4 Å². The van der Waals surface area contributed by atoms with Gasteiger partial charge in [-0.1, -0.05) is 6.92 Å². The van der Waals surface area contributed by atoms with Gasteiger partial charge in [0.15, 0.2) is 5.78 Å². The van der Waals surface area contributed by atoms with E-state index >= 15 is 0 Å². The normalized spacial score (nSPS) is 22.2. The summed E-state index contributed by atoms with van der Waals surface area (Å²) in [4.78, 5) is 26.6. The van der Waals surface area contributed by atoms with Gasteiger partial charge in [-0.3, -0.25) is 9.59 Å². The summed E-state index contributed by atoms with van der Waals surface area (Å²) in [5.41, 5.74) is 12.1. The summed E-state index contributed by atoms with van der Waals surface area (Å²) in [5.74, 6) is 0.223. The van der Waals surface area contributed by atoms with Crippen molar-refractivity contribution in [2.24, 2.45) is 17.6 Å². The number of carbonyl (C=O) groups excluding carboxylic acids is 2. The van der Waals surface area contributed by atoms with Crippen LogP contribution in [0.3, 0.4) is 0 Å². The number of thiophene rings is 1. The lowest BCUT2D eigenvalue weighted by atomic mass is 10.1. The Balaban J connectivity index is 2.01. The molecule has 20 heavy (non-hydrogen) atoms. The molecular weight excluding hydrogens is 274 g/mol. The van der Waals surface area contributed by atoms with Crippen LogP contribution in [0, 0.1) is 11.8 Å². The second kappa shape index (κ2) is 4.77. The first-order chi connectivity index (χ1) is 9.49. The molecule has 1 saturated heterocycles. The number of primary amides is 1. The van der Waals surface area contributed by atoms with Crippen LogP contribution in [0.2, 0.25) is 0 Å². The molecule has 0 spiro atoms. The molecule has 3 rings (SSSR count). The van der Waals surface area contributed by atoms with E-state index in [1.165, 1.54) is 11.3 Å². The number of nitrogens with zero attached hydrogens (tertiary/aromatic N) is 1.